The Morgan fingerprint density at radius 3 is 2.82 bits per heavy atom. The minimum atomic E-state index is -0.382. The van der Waals surface area contributed by atoms with Crippen LogP contribution in [0, 0.1) is 0 Å². The number of carbonyl (C=O) groups excluding carboxylic acids is 2. The predicted octanol–water partition coefficient (Wildman–Crippen LogP) is 2.04. The van der Waals surface area contributed by atoms with Gasteiger partial charge >= 0.3 is 5.97 Å². The summed E-state index contributed by atoms with van der Waals surface area (Å²) in [5, 5.41) is 1.90. The van der Waals surface area contributed by atoms with Crippen molar-refractivity contribution in [1.82, 2.24) is 4.98 Å². The maximum atomic E-state index is 11.5. The van der Waals surface area contributed by atoms with Crippen molar-refractivity contribution in [2.24, 2.45) is 0 Å². The van der Waals surface area contributed by atoms with Crippen molar-refractivity contribution in [3.05, 3.63) is 46.4 Å². The molecule has 2 aromatic rings. The summed E-state index contributed by atoms with van der Waals surface area (Å²) < 4.78 is 4.90. The number of aromatic nitrogens is 1. The zero-order chi connectivity index (χ0) is 12.1. The molecule has 0 spiro atoms. The zero-order valence-electron chi connectivity index (χ0n) is 9.01. The number of H-pyrrole nitrogens is 1. The molecule has 5 heteroatoms. The number of aromatic amines is 1. The average Bonchev–Trinajstić information content (AvgIpc) is 2.97. The van der Waals surface area contributed by atoms with E-state index in [0.717, 1.165) is 4.88 Å². The van der Waals surface area contributed by atoms with Gasteiger partial charge in [-0.15, -0.1) is 11.3 Å². The molecule has 0 unspecified atom stereocenters. The smallest absolute Gasteiger partial charge is 0.311 e. The molecule has 1 N–H and O–H groups in total. The molecule has 0 radical (unpaired) electrons. The first-order valence-corrected chi connectivity index (χ1v) is 5.98. The zero-order valence-corrected chi connectivity index (χ0v) is 9.83. The van der Waals surface area contributed by atoms with Gasteiger partial charge in [0, 0.05) is 11.1 Å². The molecular formula is C12H11NO3S. The van der Waals surface area contributed by atoms with Crippen LogP contribution >= 0.6 is 11.3 Å². The SMILES string of the molecule is O=C(Cc1cccs1)OCC(=O)c1ccc[nH]1. The van der Waals surface area contributed by atoms with E-state index in [1.54, 1.807) is 18.3 Å². The maximum absolute atomic E-state index is 11.5. The quantitative estimate of drug-likeness (QED) is 0.651. The molecule has 17 heavy (non-hydrogen) atoms. The van der Waals surface area contributed by atoms with E-state index in [-0.39, 0.29) is 24.8 Å². The number of Topliss-reactive ketones (excluding diaryl/α,β-unsaturated/α-hetero) is 1. The van der Waals surface area contributed by atoms with Gasteiger partial charge in [-0.05, 0) is 23.6 Å². The van der Waals surface area contributed by atoms with Crippen molar-refractivity contribution in [1.29, 1.82) is 0 Å². The van der Waals surface area contributed by atoms with Crippen LogP contribution in [0.2, 0.25) is 0 Å². The third-order valence-corrected chi connectivity index (χ3v) is 3.04. The highest BCUT2D eigenvalue weighted by Gasteiger charge is 2.11. The molecule has 88 valence electrons. The van der Waals surface area contributed by atoms with E-state index in [2.05, 4.69) is 4.98 Å². The largest absolute Gasteiger partial charge is 0.457 e. The number of carbonyl (C=O) groups is 2. The molecule has 2 rings (SSSR count). The lowest BCUT2D eigenvalue weighted by Gasteiger charge is -2.02. The minimum Gasteiger partial charge on any atom is -0.457 e. The van der Waals surface area contributed by atoms with Crippen LogP contribution in [0.15, 0.2) is 35.8 Å². The van der Waals surface area contributed by atoms with Crippen LogP contribution in [0.4, 0.5) is 0 Å². The number of hydrogen-bond acceptors (Lipinski definition) is 4. The molecule has 0 bridgehead atoms. The predicted molar refractivity (Wildman–Crippen MR) is 64.1 cm³/mol. The van der Waals surface area contributed by atoms with Crippen molar-refractivity contribution in [2.45, 2.75) is 6.42 Å². The van der Waals surface area contributed by atoms with E-state index in [0.29, 0.717) is 5.69 Å². The lowest BCUT2D eigenvalue weighted by Crippen LogP contribution is -2.15. The topological polar surface area (TPSA) is 59.2 Å². The van der Waals surface area contributed by atoms with Gasteiger partial charge in [0.2, 0.25) is 5.78 Å². The van der Waals surface area contributed by atoms with Gasteiger partial charge < -0.3 is 9.72 Å². The molecule has 4 nitrogen and oxygen atoms in total. The fraction of sp³-hybridized carbons (Fsp3) is 0.167. The monoisotopic (exact) mass is 249 g/mol. The summed E-state index contributed by atoms with van der Waals surface area (Å²) in [5.74, 6) is -0.609. The fourth-order valence-corrected chi connectivity index (χ4v) is 2.02. The van der Waals surface area contributed by atoms with Gasteiger partial charge in [0.1, 0.15) is 0 Å². The number of thiophene rings is 1. The molecular weight excluding hydrogens is 238 g/mol. The molecule has 0 fully saturated rings. The highest BCUT2D eigenvalue weighted by Crippen LogP contribution is 2.09. The second kappa shape index (κ2) is 5.45. The second-order valence-electron chi connectivity index (χ2n) is 3.42. The lowest BCUT2D eigenvalue weighted by molar-refractivity contribution is -0.141. The molecule has 2 aromatic heterocycles. The van der Waals surface area contributed by atoms with E-state index < -0.39 is 0 Å². The van der Waals surface area contributed by atoms with Crippen LogP contribution in [0.3, 0.4) is 0 Å². The molecule has 0 saturated heterocycles. The van der Waals surface area contributed by atoms with E-state index in [1.807, 2.05) is 17.5 Å². The van der Waals surface area contributed by atoms with Gasteiger partial charge in [-0.1, -0.05) is 6.07 Å². The molecule has 0 aliphatic carbocycles. The van der Waals surface area contributed by atoms with Gasteiger partial charge in [0.25, 0.3) is 0 Å². The van der Waals surface area contributed by atoms with Crippen LogP contribution < -0.4 is 0 Å². The average molecular weight is 249 g/mol. The Balaban J connectivity index is 1.79. The van der Waals surface area contributed by atoms with E-state index in [9.17, 15) is 9.59 Å². The Kier molecular flexibility index (Phi) is 3.72. The van der Waals surface area contributed by atoms with Crippen molar-refractivity contribution in [3.63, 3.8) is 0 Å². The normalized spacial score (nSPS) is 10.1. The molecule has 0 amide bonds. The number of ether oxygens (including phenoxy) is 1. The minimum absolute atomic E-state index is 0.218. The summed E-state index contributed by atoms with van der Waals surface area (Å²) in [6, 6.07) is 7.10. The summed E-state index contributed by atoms with van der Waals surface area (Å²) in [7, 11) is 0. The summed E-state index contributed by atoms with van der Waals surface area (Å²) >= 11 is 1.49. The molecule has 0 aliphatic rings. The Morgan fingerprint density at radius 2 is 2.18 bits per heavy atom. The Morgan fingerprint density at radius 1 is 1.29 bits per heavy atom. The van der Waals surface area contributed by atoms with E-state index >= 15 is 0 Å². The Hall–Kier alpha value is -1.88. The summed E-state index contributed by atoms with van der Waals surface area (Å²) in [6.07, 6.45) is 1.87. The number of rotatable bonds is 5. The van der Waals surface area contributed by atoms with Gasteiger partial charge in [-0.25, -0.2) is 0 Å². The Labute approximate surface area is 102 Å². The van der Waals surface area contributed by atoms with Gasteiger partial charge in [0.05, 0.1) is 12.1 Å². The van der Waals surface area contributed by atoms with Crippen LogP contribution in [-0.4, -0.2) is 23.3 Å². The summed E-state index contributed by atoms with van der Waals surface area (Å²) in [5.41, 5.74) is 0.453. The molecule has 0 aromatic carbocycles. The molecule has 0 atom stereocenters. The first-order chi connectivity index (χ1) is 8.25. The third-order valence-electron chi connectivity index (χ3n) is 2.16. The summed E-state index contributed by atoms with van der Waals surface area (Å²) in [4.78, 5) is 26.6. The maximum Gasteiger partial charge on any atom is 0.311 e. The Bertz CT molecular complexity index is 488. The first-order valence-electron chi connectivity index (χ1n) is 5.10. The molecule has 0 aliphatic heterocycles. The van der Waals surface area contributed by atoms with Crippen molar-refractivity contribution < 1.29 is 14.3 Å². The van der Waals surface area contributed by atoms with Crippen LogP contribution in [0.5, 0.6) is 0 Å². The number of ketones is 1. The standard InChI is InChI=1S/C12H11NO3S/c14-11(10-4-1-5-13-10)8-16-12(15)7-9-3-2-6-17-9/h1-6,13H,7-8H2. The van der Waals surface area contributed by atoms with Gasteiger partial charge in [-0.3, -0.25) is 9.59 Å². The van der Waals surface area contributed by atoms with Crippen LogP contribution in [-0.2, 0) is 16.0 Å². The number of nitrogens with one attached hydrogen (secondary N) is 1. The molecule has 2 heterocycles. The lowest BCUT2D eigenvalue weighted by atomic mass is 10.3. The number of hydrogen-bond donors (Lipinski definition) is 1. The van der Waals surface area contributed by atoms with Crippen LogP contribution in [0.1, 0.15) is 15.4 Å². The third kappa shape index (κ3) is 3.29. The highest BCUT2D eigenvalue weighted by atomic mass is 32.1. The van der Waals surface area contributed by atoms with Gasteiger partial charge in [-0.2, -0.15) is 0 Å². The van der Waals surface area contributed by atoms with Crippen molar-refractivity contribution >= 4 is 23.1 Å². The van der Waals surface area contributed by atoms with Crippen LogP contribution in [0.25, 0.3) is 0 Å². The van der Waals surface area contributed by atoms with Crippen molar-refractivity contribution in [3.8, 4) is 0 Å². The summed E-state index contributed by atoms with van der Waals surface area (Å²) in [6.45, 7) is -0.218. The number of esters is 1. The fourth-order valence-electron chi connectivity index (χ4n) is 1.33. The molecule has 0 saturated carbocycles. The highest BCUT2D eigenvalue weighted by molar-refractivity contribution is 7.10. The first kappa shape index (κ1) is 11.6. The second-order valence-corrected chi connectivity index (χ2v) is 4.46. The van der Waals surface area contributed by atoms with Crippen molar-refractivity contribution in [2.75, 3.05) is 6.61 Å². The van der Waals surface area contributed by atoms with E-state index in [1.165, 1.54) is 11.3 Å². The van der Waals surface area contributed by atoms with Gasteiger partial charge in [0.15, 0.2) is 6.61 Å². The van der Waals surface area contributed by atoms with E-state index in [4.69, 9.17) is 4.74 Å².